The maximum absolute atomic E-state index is 13.7. The van der Waals surface area contributed by atoms with Crippen LogP contribution >= 0.6 is 0 Å². The van der Waals surface area contributed by atoms with Crippen LogP contribution in [0.2, 0.25) is 0 Å². The van der Waals surface area contributed by atoms with Gasteiger partial charge in [-0.3, -0.25) is 4.79 Å². The number of nitrogens with zero attached hydrogens (tertiary/aromatic N) is 1. The maximum atomic E-state index is 13.7. The highest BCUT2D eigenvalue weighted by atomic mass is 19.1. The molecule has 0 saturated carbocycles. The number of aromatic amines is 1. The van der Waals surface area contributed by atoms with E-state index in [1.165, 1.54) is 6.07 Å². The van der Waals surface area contributed by atoms with Crippen molar-refractivity contribution in [1.29, 1.82) is 0 Å². The van der Waals surface area contributed by atoms with E-state index in [1.807, 2.05) is 54.6 Å². The summed E-state index contributed by atoms with van der Waals surface area (Å²) >= 11 is 0. The van der Waals surface area contributed by atoms with Gasteiger partial charge in [0.15, 0.2) is 0 Å². The van der Waals surface area contributed by atoms with Crippen molar-refractivity contribution in [3.05, 3.63) is 102 Å². The minimum Gasteiger partial charge on any atom is -0.348 e. The molecule has 3 aromatic carbocycles. The van der Waals surface area contributed by atoms with E-state index in [0.29, 0.717) is 5.82 Å². The lowest BCUT2D eigenvalue weighted by atomic mass is 10.1. The van der Waals surface area contributed by atoms with Crippen molar-refractivity contribution >= 4 is 5.91 Å². The highest BCUT2D eigenvalue weighted by molar-refractivity contribution is 5.94. The monoisotopic (exact) mass is 389 g/mol. The molecule has 0 radical (unpaired) electrons. The van der Waals surface area contributed by atoms with Gasteiger partial charge in [0, 0.05) is 12.1 Å². The summed E-state index contributed by atoms with van der Waals surface area (Å²) in [5.74, 6) is -1.88. The lowest BCUT2D eigenvalue weighted by Gasteiger charge is -2.08. The van der Waals surface area contributed by atoms with Crippen molar-refractivity contribution < 1.29 is 13.6 Å². The Morgan fingerprint density at radius 2 is 1.59 bits per heavy atom. The zero-order chi connectivity index (χ0) is 20.2. The van der Waals surface area contributed by atoms with Crippen LogP contribution in [0.4, 0.5) is 8.78 Å². The van der Waals surface area contributed by atoms with Crippen LogP contribution in [0, 0.1) is 11.6 Å². The van der Waals surface area contributed by atoms with E-state index in [-0.39, 0.29) is 6.54 Å². The van der Waals surface area contributed by atoms with Gasteiger partial charge in [-0.15, -0.1) is 0 Å². The van der Waals surface area contributed by atoms with Crippen LogP contribution in [0.1, 0.15) is 15.9 Å². The Labute approximate surface area is 166 Å². The number of benzene rings is 3. The normalized spacial score (nSPS) is 10.7. The number of hydrogen-bond donors (Lipinski definition) is 2. The smallest absolute Gasteiger partial charge is 0.257 e. The van der Waals surface area contributed by atoms with Gasteiger partial charge in [-0.1, -0.05) is 54.6 Å². The first-order valence-electron chi connectivity index (χ1n) is 9.04. The summed E-state index contributed by atoms with van der Waals surface area (Å²) in [5.41, 5.74) is 2.97. The van der Waals surface area contributed by atoms with Crippen molar-refractivity contribution in [3.8, 4) is 22.6 Å². The summed E-state index contributed by atoms with van der Waals surface area (Å²) in [4.78, 5) is 19.9. The third-order valence-electron chi connectivity index (χ3n) is 4.50. The Morgan fingerprint density at radius 1 is 0.897 bits per heavy atom. The number of rotatable bonds is 5. The second-order valence-corrected chi connectivity index (χ2v) is 6.49. The Balaban J connectivity index is 1.50. The number of imidazole rings is 1. The number of nitrogens with one attached hydrogen (secondary N) is 2. The predicted molar refractivity (Wildman–Crippen MR) is 107 cm³/mol. The number of carbonyl (C=O) groups is 1. The van der Waals surface area contributed by atoms with Gasteiger partial charge in [-0.25, -0.2) is 13.8 Å². The second-order valence-electron chi connectivity index (χ2n) is 6.49. The second kappa shape index (κ2) is 8.06. The molecule has 144 valence electrons. The lowest BCUT2D eigenvalue weighted by molar-refractivity contribution is 0.0942. The van der Waals surface area contributed by atoms with Crippen LogP contribution < -0.4 is 5.32 Å². The van der Waals surface area contributed by atoms with Crippen LogP contribution in [0.25, 0.3) is 22.6 Å². The summed E-state index contributed by atoms with van der Waals surface area (Å²) in [6.07, 6.45) is 1.76. The first-order valence-corrected chi connectivity index (χ1v) is 9.04. The topological polar surface area (TPSA) is 57.8 Å². The van der Waals surface area contributed by atoms with E-state index in [2.05, 4.69) is 15.3 Å². The average molecular weight is 389 g/mol. The van der Waals surface area contributed by atoms with Crippen LogP contribution in [0.15, 0.2) is 79.0 Å². The third-order valence-corrected chi connectivity index (χ3v) is 4.50. The molecular formula is C23H17F2N3O. The van der Waals surface area contributed by atoms with Crippen molar-refractivity contribution in [3.63, 3.8) is 0 Å². The molecule has 0 aliphatic carbocycles. The van der Waals surface area contributed by atoms with Gasteiger partial charge in [0.2, 0.25) is 0 Å². The predicted octanol–water partition coefficient (Wildman–Crippen LogP) is 4.95. The molecular weight excluding hydrogens is 372 g/mol. The van der Waals surface area contributed by atoms with E-state index in [1.54, 1.807) is 6.20 Å². The van der Waals surface area contributed by atoms with Gasteiger partial charge >= 0.3 is 0 Å². The zero-order valence-electron chi connectivity index (χ0n) is 15.3. The Bertz CT molecular complexity index is 1140. The molecule has 2 N–H and O–H groups in total. The van der Waals surface area contributed by atoms with Gasteiger partial charge in [-0.05, 0) is 29.3 Å². The molecule has 1 heterocycles. The minimum atomic E-state index is -0.889. The maximum Gasteiger partial charge on any atom is 0.257 e. The van der Waals surface area contributed by atoms with E-state index in [9.17, 15) is 13.6 Å². The lowest BCUT2D eigenvalue weighted by Crippen LogP contribution is -2.25. The number of hydrogen-bond acceptors (Lipinski definition) is 2. The molecule has 29 heavy (non-hydrogen) atoms. The largest absolute Gasteiger partial charge is 0.348 e. The SMILES string of the molecule is O=C(NCc1cccc(-c2ncc(-c3ccccc3)[nH]2)c1)c1c(F)cccc1F. The molecule has 0 unspecified atom stereocenters. The molecule has 4 aromatic rings. The number of amides is 1. The molecule has 0 saturated heterocycles. The molecule has 0 fully saturated rings. The Hall–Kier alpha value is -3.80. The van der Waals surface area contributed by atoms with Gasteiger partial charge < -0.3 is 10.3 Å². The number of H-pyrrole nitrogens is 1. The third kappa shape index (κ3) is 4.06. The number of carbonyl (C=O) groups excluding carboxylic acids is 1. The van der Waals surface area contributed by atoms with Gasteiger partial charge in [-0.2, -0.15) is 0 Å². The molecule has 1 amide bonds. The molecule has 0 spiro atoms. The molecule has 4 nitrogen and oxygen atoms in total. The van der Waals surface area contributed by atoms with E-state index in [4.69, 9.17) is 0 Å². The van der Waals surface area contributed by atoms with Crippen LogP contribution in [0.3, 0.4) is 0 Å². The van der Waals surface area contributed by atoms with Crippen LogP contribution in [-0.4, -0.2) is 15.9 Å². The summed E-state index contributed by atoms with van der Waals surface area (Å²) in [6, 6.07) is 20.6. The molecule has 0 bridgehead atoms. The molecule has 0 aliphatic rings. The van der Waals surface area contributed by atoms with Crippen LogP contribution in [0.5, 0.6) is 0 Å². The Kier molecular flexibility index (Phi) is 5.16. The fraction of sp³-hybridized carbons (Fsp3) is 0.0435. The first kappa shape index (κ1) is 18.6. The number of aromatic nitrogens is 2. The fourth-order valence-electron chi connectivity index (χ4n) is 3.05. The van der Waals surface area contributed by atoms with E-state index < -0.39 is 23.1 Å². The first-order chi connectivity index (χ1) is 14.1. The molecule has 0 atom stereocenters. The summed E-state index contributed by atoms with van der Waals surface area (Å²) in [6.45, 7) is 0.132. The van der Waals surface area contributed by atoms with Gasteiger partial charge in [0.1, 0.15) is 23.0 Å². The molecule has 0 aliphatic heterocycles. The zero-order valence-corrected chi connectivity index (χ0v) is 15.3. The highest BCUT2D eigenvalue weighted by Gasteiger charge is 2.16. The minimum absolute atomic E-state index is 0.132. The van der Waals surface area contributed by atoms with Crippen molar-refractivity contribution in [1.82, 2.24) is 15.3 Å². The number of halogens is 2. The van der Waals surface area contributed by atoms with Crippen molar-refractivity contribution in [2.75, 3.05) is 0 Å². The van der Waals surface area contributed by atoms with E-state index in [0.717, 1.165) is 34.5 Å². The summed E-state index contributed by atoms with van der Waals surface area (Å²) in [7, 11) is 0. The van der Waals surface area contributed by atoms with Gasteiger partial charge in [0.05, 0.1) is 11.9 Å². The van der Waals surface area contributed by atoms with E-state index >= 15 is 0 Å². The quantitative estimate of drug-likeness (QED) is 0.507. The average Bonchev–Trinajstić information content (AvgIpc) is 3.23. The molecule has 1 aromatic heterocycles. The van der Waals surface area contributed by atoms with Crippen LogP contribution in [-0.2, 0) is 6.54 Å². The standard InChI is InChI=1S/C23H17F2N3O/c24-18-10-5-11-19(25)21(18)23(29)27-13-15-6-4-9-17(12-15)22-26-14-20(28-22)16-7-2-1-3-8-16/h1-12,14H,13H2,(H,26,28)(H,27,29). The van der Waals surface area contributed by atoms with Gasteiger partial charge in [0.25, 0.3) is 5.91 Å². The Morgan fingerprint density at radius 3 is 2.34 bits per heavy atom. The van der Waals surface area contributed by atoms with Crippen molar-refractivity contribution in [2.45, 2.75) is 6.54 Å². The fourth-order valence-corrected chi connectivity index (χ4v) is 3.05. The summed E-state index contributed by atoms with van der Waals surface area (Å²) < 4.78 is 27.5. The summed E-state index contributed by atoms with van der Waals surface area (Å²) in [5, 5.41) is 2.56. The molecule has 4 rings (SSSR count). The van der Waals surface area contributed by atoms with Crippen molar-refractivity contribution in [2.24, 2.45) is 0 Å². The highest BCUT2D eigenvalue weighted by Crippen LogP contribution is 2.22. The molecule has 6 heteroatoms.